The number of nitrogens with one attached hydrogen (secondary N) is 1. The molecule has 0 aliphatic carbocycles. The Morgan fingerprint density at radius 1 is 1.13 bits per heavy atom. The molecule has 154 valence electrons. The summed E-state index contributed by atoms with van der Waals surface area (Å²) in [5.41, 5.74) is 0.822. The van der Waals surface area contributed by atoms with Crippen LogP contribution in [0.15, 0.2) is 64.1 Å². The van der Waals surface area contributed by atoms with E-state index in [1.54, 1.807) is 18.2 Å². The second-order valence-electron chi connectivity index (χ2n) is 7.43. The molecule has 4 rings (SSSR count). The number of carbonyl (C=O) groups is 1. The van der Waals surface area contributed by atoms with E-state index in [-0.39, 0.29) is 24.1 Å². The minimum atomic E-state index is -0.367. The average molecular weight is 406 g/mol. The molecule has 4 aromatic rings. The van der Waals surface area contributed by atoms with E-state index < -0.39 is 0 Å². The van der Waals surface area contributed by atoms with E-state index in [4.69, 9.17) is 4.42 Å². The number of pyridine rings is 1. The molecule has 0 saturated heterocycles. The van der Waals surface area contributed by atoms with Gasteiger partial charge in [0.05, 0.1) is 12.3 Å². The zero-order chi connectivity index (χ0) is 21.1. The first-order valence-electron chi connectivity index (χ1n) is 9.72. The number of carbonyl (C=O) groups excluding carboxylic acids is 1. The first-order chi connectivity index (χ1) is 14.5. The molecule has 9 heteroatoms. The summed E-state index contributed by atoms with van der Waals surface area (Å²) in [6.45, 7) is 3.93. The number of amides is 1. The van der Waals surface area contributed by atoms with Crippen molar-refractivity contribution >= 4 is 11.6 Å². The molecular weight excluding hydrogens is 384 g/mol. The molecule has 0 aliphatic heterocycles. The monoisotopic (exact) mass is 406 g/mol. The molecule has 0 fully saturated rings. The largest absolute Gasteiger partial charge is 0.463 e. The number of hydrogen-bond donors (Lipinski definition) is 1. The zero-order valence-corrected chi connectivity index (χ0v) is 16.7. The SMILES string of the molecule is CC(C)C[C@@H](NC(=O)Cn1nc(-c2ccco2)ccc1=O)c1nnc2ccccn12. The standard InChI is InChI=1S/C21H22N6O3/c1-14(2)12-16(21-24-23-18-7-3-4-10-26(18)21)22-19(28)13-27-20(29)9-8-15(25-27)17-6-5-11-30-17/h3-11,14,16H,12-13H2,1-2H3,(H,22,28)/t16-/m1/s1. The second kappa shape index (κ2) is 8.32. The van der Waals surface area contributed by atoms with Gasteiger partial charge < -0.3 is 9.73 Å². The van der Waals surface area contributed by atoms with Crippen LogP contribution in [0.2, 0.25) is 0 Å². The van der Waals surface area contributed by atoms with Crippen molar-refractivity contribution in [3.8, 4) is 11.5 Å². The Bertz CT molecular complexity index is 1210. The lowest BCUT2D eigenvalue weighted by Crippen LogP contribution is -2.36. The van der Waals surface area contributed by atoms with Crippen molar-refractivity contribution < 1.29 is 9.21 Å². The van der Waals surface area contributed by atoms with Gasteiger partial charge in [0.15, 0.2) is 17.2 Å². The molecule has 0 unspecified atom stereocenters. The van der Waals surface area contributed by atoms with Crippen molar-refractivity contribution in [2.45, 2.75) is 32.9 Å². The van der Waals surface area contributed by atoms with E-state index in [1.165, 1.54) is 12.3 Å². The van der Waals surface area contributed by atoms with Gasteiger partial charge in [-0.3, -0.25) is 14.0 Å². The first-order valence-corrected chi connectivity index (χ1v) is 9.72. The van der Waals surface area contributed by atoms with Crippen LogP contribution >= 0.6 is 0 Å². The third-order valence-electron chi connectivity index (χ3n) is 4.63. The Hall–Kier alpha value is -3.75. The Balaban J connectivity index is 1.56. The van der Waals surface area contributed by atoms with Crippen molar-refractivity contribution in [2.75, 3.05) is 0 Å². The molecule has 4 heterocycles. The van der Waals surface area contributed by atoms with E-state index in [0.29, 0.717) is 35.3 Å². The summed E-state index contributed by atoms with van der Waals surface area (Å²) in [4.78, 5) is 25.0. The quantitative estimate of drug-likeness (QED) is 0.505. The lowest BCUT2D eigenvalue weighted by atomic mass is 10.0. The number of hydrogen-bond acceptors (Lipinski definition) is 6. The molecule has 0 saturated carbocycles. The van der Waals surface area contributed by atoms with Crippen molar-refractivity contribution in [2.24, 2.45) is 5.92 Å². The van der Waals surface area contributed by atoms with Crippen LogP contribution < -0.4 is 10.9 Å². The van der Waals surface area contributed by atoms with Crippen molar-refractivity contribution in [1.29, 1.82) is 0 Å². The van der Waals surface area contributed by atoms with Gasteiger partial charge in [-0.1, -0.05) is 19.9 Å². The lowest BCUT2D eigenvalue weighted by Gasteiger charge is -2.19. The minimum Gasteiger partial charge on any atom is -0.463 e. The van der Waals surface area contributed by atoms with Gasteiger partial charge in [-0.15, -0.1) is 10.2 Å². The normalized spacial score (nSPS) is 12.4. The summed E-state index contributed by atoms with van der Waals surface area (Å²) in [5.74, 6) is 1.16. The van der Waals surface area contributed by atoms with Crippen LogP contribution in [-0.2, 0) is 11.3 Å². The maximum atomic E-state index is 12.8. The van der Waals surface area contributed by atoms with Crippen molar-refractivity contribution in [1.82, 2.24) is 29.7 Å². The van der Waals surface area contributed by atoms with Gasteiger partial charge in [0.1, 0.15) is 12.2 Å². The molecule has 0 aliphatic rings. The Kier molecular flexibility index (Phi) is 5.42. The zero-order valence-electron chi connectivity index (χ0n) is 16.7. The van der Waals surface area contributed by atoms with Crippen LogP contribution in [0.3, 0.4) is 0 Å². The molecule has 0 radical (unpaired) electrons. The van der Waals surface area contributed by atoms with E-state index in [1.807, 2.05) is 28.8 Å². The maximum absolute atomic E-state index is 12.8. The Morgan fingerprint density at radius 2 is 2.00 bits per heavy atom. The third-order valence-corrected chi connectivity index (χ3v) is 4.63. The van der Waals surface area contributed by atoms with Crippen LogP contribution in [0.4, 0.5) is 0 Å². The molecule has 0 bridgehead atoms. The molecule has 1 atom stereocenters. The highest BCUT2D eigenvalue weighted by atomic mass is 16.3. The van der Waals surface area contributed by atoms with E-state index in [0.717, 1.165) is 4.68 Å². The fraction of sp³-hybridized carbons (Fsp3) is 0.286. The van der Waals surface area contributed by atoms with Crippen LogP contribution in [0.1, 0.15) is 32.1 Å². The number of fused-ring (bicyclic) bond motifs is 1. The fourth-order valence-electron chi connectivity index (χ4n) is 3.29. The van der Waals surface area contributed by atoms with Crippen molar-refractivity contribution in [3.63, 3.8) is 0 Å². The molecule has 9 nitrogen and oxygen atoms in total. The predicted octanol–water partition coefficient (Wildman–Crippen LogP) is 2.45. The number of nitrogens with zero attached hydrogens (tertiary/aromatic N) is 5. The van der Waals surface area contributed by atoms with Crippen LogP contribution in [-0.4, -0.2) is 30.3 Å². The van der Waals surface area contributed by atoms with E-state index >= 15 is 0 Å². The van der Waals surface area contributed by atoms with Gasteiger partial charge in [0.2, 0.25) is 5.91 Å². The number of aromatic nitrogens is 5. The van der Waals surface area contributed by atoms with E-state index in [2.05, 4.69) is 34.5 Å². The summed E-state index contributed by atoms with van der Waals surface area (Å²) in [6, 6.07) is 11.7. The highest BCUT2D eigenvalue weighted by molar-refractivity contribution is 5.76. The smallest absolute Gasteiger partial charge is 0.267 e. The summed E-state index contributed by atoms with van der Waals surface area (Å²) in [6.07, 6.45) is 4.07. The summed E-state index contributed by atoms with van der Waals surface area (Å²) in [5, 5.41) is 15.7. The second-order valence-corrected chi connectivity index (χ2v) is 7.43. The predicted molar refractivity (Wildman–Crippen MR) is 110 cm³/mol. The molecule has 30 heavy (non-hydrogen) atoms. The molecule has 1 amide bonds. The van der Waals surface area contributed by atoms with Crippen molar-refractivity contribution in [3.05, 3.63) is 71.1 Å². The lowest BCUT2D eigenvalue weighted by molar-refractivity contribution is -0.122. The van der Waals surface area contributed by atoms with Gasteiger partial charge >= 0.3 is 0 Å². The number of furan rings is 1. The van der Waals surface area contributed by atoms with Crippen LogP contribution in [0, 0.1) is 5.92 Å². The van der Waals surface area contributed by atoms with Crippen LogP contribution in [0.5, 0.6) is 0 Å². The molecule has 0 spiro atoms. The summed E-state index contributed by atoms with van der Waals surface area (Å²) in [7, 11) is 0. The topological polar surface area (TPSA) is 107 Å². The fourth-order valence-corrected chi connectivity index (χ4v) is 3.29. The van der Waals surface area contributed by atoms with Gasteiger partial charge in [-0.2, -0.15) is 5.10 Å². The molecule has 0 aromatic carbocycles. The highest BCUT2D eigenvalue weighted by Gasteiger charge is 2.22. The first kappa shape index (κ1) is 19.6. The molecular formula is C21H22N6O3. The van der Waals surface area contributed by atoms with Gasteiger partial charge in [0.25, 0.3) is 5.56 Å². The molecule has 4 aromatic heterocycles. The Labute approximate surface area is 172 Å². The Morgan fingerprint density at radius 3 is 2.77 bits per heavy atom. The van der Waals surface area contributed by atoms with Gasteiger partial charge in [0, 0.05) is 12.3 Å². The number of rotatable bonds is 7. The highest BCUT2D eigenvalue weighted by Crippen LogP contribution is 2.20. The van der Waals surface area contributed by atoms with Crippen LogP contribution in [0.25, 0.3) is 17.1 Å². The minimum absolute atomic E-state index is 0.210. The summed E-state index contributed by atoms with van der Waals surface area (Å²) >= 11 is 0. The maximum Gasteiger partial charge on any atom is 0.267 e. The average Bonchev–Trinajstić information content (AvgIpc) is 3.39. The third kappa shape index (κ3) is 4.14. The van der Waals surface area contributed by atoms with Gasteiger partial charge in [-0.05, 0) is 42.7 Å². The summed E-state index contributed by atoms with van der Waals surface area (Å²) < 4.78 is 8.30. The van der Waals surface area contributed by atoms with Gasteiger partial charge in [-0.25, -0.2) is 4.68 Å². The van der Waals surface area contributed by atoms with E-state index in [9.17, 15) is 9.59 Å². The molecule has 1 N–H and O–H groups in total.